The number of nitrogens with zero attached hydrogens (tertiary/aromatic N) is 3. The standard InChI is InChI=1S/C29H26N4O2/c1-22-26(28(34)32(30-22)24-16-10-8-11-17-24)20-14-6-4-3-5-7-15-21-27-23(2)31-33(29(27)35)25-18-12-9-13-19-25/h3-21,30H,1-2H3/b5-3+,6-4+,15-7+,20-14+,27-21+. The molecule has 0 unspecified atom stereocenters. The summed E-state index contributed by atoms with van der Waals surface area (Å²) in [6.45, 7) is 3.70. The largest absolute Gasteiger partial charge is 0.295 e. The Bertz CT molecular complexity index is 1430. The van der Waals surface area contributed by atoms with Gasteiger partial charge in [0.15, 0.2) is 0 Å². The highest BCUT2D eigenvalue weighted by molar-refractivity contribution is 6.29. The molecule has 0 spiro atoms. The average molecular weight is 463 g/mol. The van der Waals surface area contributed by atoms with Crippen LogP contribution in [0, 0.1) is 6.92 Å². The van der Waals surface area contributed by atoms with E-state index in [0.717, 1.165) is 17.1 Å². The van der Waals surface area contributed by atoms with E-state index in [9.17, 15) is 9.59 Å². The second-order valence-electron chi connectivity index (χ2n) is 7.86. The van der Waals surface area contributed by atoms with Crippen molar-refractivity contribution in [3.63, 3.8) is 0 Å². The van der Waals surface area contributed by atoms with Crippen molar-refractivity contribution in [2.24, 2.45) is 5.10 Å². The Morgan fingerprint density at radius 3 is 1.97 bits per heavy atom. The maximum atomic E-state index is 12.7. The Balaban J connectivity index is 1.34. The van der Waals surface area contributed by atoms with Crippen molar-refractivity contribution in [2.75, 3.05) is 5.01 Å². The van der Waals surface area contributed by atoms with Crippen molar-refractivity contribution in [3.05, 3.63) is 136 Å². The predicted molar refractivity (Wildman–Crippen MR) is 143 cm³/mol. The quantitative estimate of drug-likeness (QED) is 0.372. The lowest BCUT2D eigenvalue weighted by Gasteiger charge is -2.10. The van der Waals surface area contributed by atoms with Crippen molar-refractivity contribution < 1.29 is 4.79 Å². The zero-order chi connectivity index (χ0) is 24.6. The van der Waals surface area contributed by atoms with Crippen LogP contribution in [0.25, 0.3) is 11.8 Å². The van der Waals surface area contributed by atoms with Crippen LogP contribution in [0.1, 0.15) is 18.2 Å². The predicted octanol–water partition coefficient (Wildman–Crippen LogP) is 5.50. The second kappa shape index (κ2) is 10.9. The van der Waals surface area contributed by atoms with E-state index >= 15 is 0 Å². The summed E-state index contributed by atoms with van der Waals surface area (Å²) in [4.78, 5) is 25.3. The van der Waals surface area contributed by atoms with Gasteiger partial charge < -0.3 is 0 Å². The molecule has 2 aromatic carbocycles. The van der Waals surface area contributed by atoms with Crippen molar-refractivity contribution in [1.82, 2.24) is 9.78 Å². The number of para-hydroxylation sites is 2. The molecule has 1 amide bonds. The molecule has 1 aromatic heterocycles. The number of aromatic nitrogens is 2. The van der Waals surface area contributed by atoms with E-state index in [1.54, 1.807) is 16.8 Å². The number of amides is 1. The first-order valence-corrected chi connectivity index (χ1v) is 11.3. The van der Waals surface area contributed by atoms with Crippen LogP contribution >= 0.6 is 0 Å². The highest BCUT2D eigenvalue weighted by Gasteiger charge is 2.27. The van der Waals surface area contributed by atoms with Crippen molar-refractivity contribution >= 4 is 23.4 Å². The molecule has 174 valence electrons. The van der Waals surface area contributed by atoms with Crippen LogP contribution in [0.15, 0.2) is 125 Å². The molecule has 4 rings (SSSR count). The first-order valence-electron chi connectivity index (χ1n) is 11.3. The van der Waals surface area contributed by atoms with E-state index in [1.165, 1.54) is 5.01 Å². The van der Waals surface area contributed by atoms with E-state index in [1.807, 2.05) is 117 Å². The maximum Gasteiger partial charge on any atom is 0.280 e. The number of carbonyl (C=O) groups excluding carboxylic acids is 1. The Labute approximate surface area is 204 Å². The molecular formula is C29H26N4O2. The summed E-state index contributed by atoms with van der Waals surface area (Å²) in [5.41, 5.74) is 4.14. The highest BCUT2D eigenvalue weighted by Crippen LogP contribution is 2.23. The average Bonchev–Trinajstić information content (AvgIpc) is 3.33. The van der Waals surface area contributed by atoms with Gasteiger partial charge in [-0.2, -0.15) is 10.1 Å². The summed E-state index contributed by atoms with van der Waals surface area (Å²) >= 11 is 0. The zero-order valence-corrected chi connectivity index (χ0v) is 19.6. The third kappa shape index (κ3) is 5.45. The molecule has 0 radical (unpaired) electrons. The summed E-state index contributed by atoms with van der Waals surface area (Å²) < 4.78 is 1.54. The number of hydrogen-bond acceptors (Lipinski definition) is 3. The molecule has 35 heavy (non-hydrogen) atoms. The molecule has 2 heterocycles. The van der Waals surface area contributed by atoms with Crippen LogP contribution < -0.4 is 10.6 Å². The van der Waals surface area contributed by atoms with Crippen molar-refractivity contribution in [2.45, 2.75) is 13.8 Å². The van der Waals surface area contributed by atoms with Crippen LogP contribution in [0.3, 0.4) is 0 Å². The fourth-order valence-electron chi connectivity index (χ4n) is 3.59. The molecule has 0 fully saturated rings. The second-order valence-corrected chi connectivity index (χ2v) is 7.86. The number of H-pyrrole nitrogens is 1. The monoisotopic (exact) mass is 462 g/mol. The highest BCUT2D eigenvalue weighted by atomic mass is 16.2. The van der Waals surface area contributed by atoms with Gasteiger partial charge in [-0.05, 0) is 50.3 Å². The molecule has 3 aromatic rings. The molecule has 0 saturated carbocycles. The van der Waals surface area contributed by atoms with Crippen LogP contribution in [0.5, 0.6) is 0 Å². The Hall–Kier alpha value is -4.71. The van der Waals surface area contributed by atoms with E-state index in [-0.39, 0.29) is 11.5 Å². The van der Waals surface area contributed by atoms with Crippen LogP contribution in [0.4, 0.5) is 5.69 Å². The Kier molecular flexibility index (Phi) is 7.33. The molecule has 0 saturated heterocycles. The molecule has 1 aliphatic heterocycles. The summed E-state index contributed by atoms with van der Waals surface area (Å²) in [7, 11) is 0. The SMILES string of the molecule is CC1=NN(c2ccccc2)C(=O)/C1=C/C=C/C=C/C=C/C=C/c1c(C)[nH]n(-c2ccccc2)c1=O. The summed E-state index contributed by atoms with van der Waals surface area (Å²) in [6, 6.07) is 18.8. The van der Waals surface area contributed by atoms with Gasteiger partial charge in [-0.25, -0.2) is 4.68 Å². The molecule has 1 N–H and O–H groups in total. The molecule has 0 bridgehead atoms. The molecule has 1 aliphatic rings. The van der Waals surface area contributed by atoms with Gasteiger partial charge in [0.2, 0.25) is 0 Å². The number of aromatic amines is 1. The maximum absolute atomic E-state index is 12.7. The van der Waals surface area contributed by atoms with Crippen LogP contribution in [-0.2, 0) is 4.79 Å². The van der Waals surface area contributed by atoms with Crippen LogP contribution in [-0.4, -0.2) is 21.4 Å². The van der Waals surface area contributed by atoms with Gasteiger partial charge in [-0.1, -0.05) is 78.9 Å². The Morgan fingerprint density at radius 1 is 0.743 bits per heavy atom. The number of aryl methyl sites for hydroxylation is 1. The van der Waals surface area contributed by atoms with E-state index in [4.69, 9.17) is 0 Å². The number of anilines is 1. The number of hydrazone groups is 1. The van der Waals surface area contributed by atoms with E-state index in [0.29, 0.717) is 16.8 Å². The minimum atomic E-state index is -0.140. The molecule has 6 nitrogen and oxygen atoms in total. The van der Waals surface area contributed by atoms with E-state index < -0.39 is 0 Å². The number of hydrogen-bond donors (Lipinski definition) is 1. The number of nitrogens with one attached hydrogen (secondary N) is 1. The number of benzene rings is 2. The number of carbonyl (C=O) groups is 1. The first-order chi connectivity index (χ1) is 17.1. The summed E-state index contributed by atoms with van der Waals surface area (Å²) in [5.74, 6) is -0.140. The van der Waals surface area contributed by atoms with Crippen molar-refractivity contribution in [1.29, 1.82) is 0 Å². The summed E-state index contributed by atoms with van der Waals surface area (Å²) in [5, 5.41) is 8.89. The lowest BCUT2D eigenvalue weighted by atomic mass is 10.1. The molecule has 6 heteroatoms. The fraction of sp³-hybridized carbons (Fsp3) is 0.0690. The Morgan fingerprint density at radius 2 is 1.31 bits per heavy atom. The molecule has 0 aliphatic carbocycles. The third-order valence-electron chi connectivity index (χ3n) is 5.39. The minimum Gasteiger partial charge on any atom is -0.295 e. The molecule has 0 atom stereocenters. The molecular weight excluding hydrogens is 436 g/mol. The van der Waals surface area contributed by atoms with Gasteiger partial charge in [0.25, 0.3) is 11.5 Å². The number of rotatable bonds is 7. The smallest absolute Gasteiger partial charge is 0.280 e. The minimum absolute atomic E-state index is 0.0871. The topological polar surface area (TPSA) is 70.5 Å². The lowest BCUT2D eigenvalue weighted by molar-refractivity contribution is -0.114. The van der Waals surface area contributed by atoms with Gasteiger partial charge in [-0.15, -0.1) is 0 Å². The summed E-state index contributed by atoms with van der Waals surface area (Å²) in [6.07, 6.45) is 16.5. The third-order valence-corrected chi connectivity index (χ3v) is 5.39. The van der Waals surface area contributed by atoms with Gasteiger partial charge in [0.1, 0.15) is 0 Å². The first kappa shape index (κ1) is 23.4. The number of allylic oxidation sites excluding steroid dienone is 8. The normalized spacial score (nSPS) is 15.6. The van der Waals surface area contributed by atoms with Gasteiger partial charge in [-0.3, -0.25) is 14.7 Å². The lowest BCUT2D eigenvalue weighted by Crippen LogP contribution is -2.21. The van der Waals surface area contributed by atoms with E-state index in [2.05, 4.69) is 10.2 Å². The van der Waals surface area contributed by atoms with Gasteiger partial charge in [0, 0.05) is 5.69 Å². The zero-order valence-electron chi connectivity index (χ0n) is 19.6. The van der Waals surface area contributed by atoms with Gasteiger partial charge >= 0.3 is 0 Å². The van der Waals surface area contributed by atoms with Crippen LogP contribution in [0.2, 0.25) is 0 Å². The fourth-order valence-corrected chi connectivity index (χ4v) is 3.59. The van der Waals surface area contributed by atoms with Gasteiger partial charge in [0.05, 0.1) is 28.2 Å². The van der Waals surface area contributed by atoms with Crippen molar-refractivity contribution in [3.8, 4) is 5.69 Å².